The van der Waals surface area contributed by atoms with Crippen molar-refractivity contribution in [2.75, 3.05) is 19.5 Å². The Bertz CT molecular complexity index is 477. The summed E-state index contributed by atoms with van der Waals surface area (Å²) in [5.41, 5.74) is 1.40. The maximum absolute atomic E-state index is 11.8. The summed E-state index contributed by atoms with van der Waals surface area (Å²) in [7, 11) is -1.85. The van der Waals surface area contributed by atoms with Crippen molar-refractivity contribution >= 4 is 9.84 Å². The molecule has 5 heteroatoms. The number of hydrogen-bond acceptors (Lipinski definition) is 4. The molecule has 0 spiro atoms. The molecule has 1 N–H and O–H groups in total. The van der Waals surface area contributed by atoms with Gasteiger partial charge in [0, 0.05) is 0 Å². The Hall–Kier alpha value is -1.07. The molecule has 0 aliphatic rings. The van der Waals surface area contributed by atoms with Gasteiger partial charge < -0.3 is 9.84 Å². The Balaban J connectivity index is 3.31. The van der Waals surface area contributed by atoms with Crippen LogP contribution in [-0.2, 0) is 9.84 Å². The predicted octanol–water partition coefficient (Wildman–Crippen LogP) is 1.08. The molecular weight excluding hydrogens is 228 g/mol. The number of aliphatic hydroxyl groups is 1. The summed E-state index contributed by atoms with van der Waals surface area (Å²) in [5, 5.41) is 8.72. The van der Waals surface area contributed by atoms with Crippen molar-refractivity contribution in [1.82, 2.24) is 0 Å². The van der Waals surface area contributed by atoms with E-state index in [1.807, 2.05) is 0 Å². The molecule has 0 amide bonds. The zero-order chi connectivity index (χ0) is 12.3. The second kappa shape index (κ2) is 4.84. The van der Waals surface area contributed by atoms with E-state index in [1.54, 1.807) is 33.1 Å². The van der Waals surface area contributed by atoms with Gasteiger partial charge in [0.25, 0.3) is 0 Å². The lowest BCUT2D eigenvalue weighted by Crippen LogP contribution is -2.12. The molecule has 90 valence electrons. The van der Waals surface area contributed by atoms with Gasteiger partial charge in [-0.3, -0.25) is 0 Å². The highest BCUT2D eigenvalue weighted by molar-refractivity contribution is 7.91. The maximum Gasteiger partial charge on any atom is 0.180 e. The number of ether oxygens (including phenoxy) is 1. The van der Waals surface area contributed by atoms with E-state index in [0.717, 1.165) is 5.56 Å². The molecule has 0 aliphatic carbocycles. The van der Waals surface area contributed by atoms with Gasteiger partial charge in [-0.05, 0) is 37.1 Å². The number of hydrogen-bond donors (Lipinski definition) is 1. The molecule has 1 rings (SSSR count). The van der Waals surface area contributed by atoms with E-state index in [0.29, 0.717) is 11.3 Å². The van der Waals surface area contributed by atoms with Crippen LogP contribution in [0.5, 0.6) is 5.75 Å². The van der Waals surface area contributed by atoms with Crippen LogP contribution in [-0.4, -0.2) is 33.0 Å². The first-order valence-corrected chi connectivity index (χ1v) is 6.56. The molecule has 0 fully saturated rings. The zero-order valence-corrected chi connectivity index (χ0v) is 10.5. The van der Waals surface area contributed by atoms with Crippen LogP contribution < -0.4 is 4.74 Å². The lowest BCUT2D eigenvalue weighted by atomic mass is 10.1. The molecule has 0 aromatic heterocycles. The number of methoxy groups -OCH3 is 1. The normalized spacial score (nSPS) is 11.5. The number of sulfone groups is 1. The van der Waals surface area contributed by atoms with Gasteiger partial charge in [-0.15, -0.1) is 0 Å². The average Bonchev–Trinajstić information content (AvgIpc) is 2.20. The van der Waals surface area contributed by atoms with Crippen molar-refractivity contribution in [3.63, 3.8) is 0 Å². The van der Waals surface area contributed by atoms with E-state index < -0.39 is 9.84 Å². The largest absolute Gasteiger partial charge is 0.496 e. The standard InChI is InChI=1S/C11H16O4S/c1-8-7-11(16(13,14)5-4-12)9(2)6-10(8)15-3/h6-7,12H,4-5H2,1-3H3. The summed E-state index contributed by atoms with van der Waals surface area (Å²) in [6, 6.07) is 3.28. The lowest BCUT2D eigenvalue weighted by molar-refractivity contribution is 0.319. The number of rotatable bonds is 4. The van der Waals surface area contributed by atoms with E-state index in [2.05, 4.69) is 0 Å². The van der Waals surface area contributed by atoms with Gasteiger partial charge in [-0.2, -0.15) is 0 Å². The third-order valence-corrected chi connectivity index (χ3v) is 4.22. The van der Waals surface area contributed by atoms with Gasteiger partial charge in [0.05, 0.1) is 24.4 Å². The molecular formula is C11H16O4S. The third kappa shape index (κ3) is 2.54. The fourth-order valence-electron chi connectivity index (χ4n) is 1.55. The Morgan fingerprint density at radius 2 is 1.88 bits per heavy atom. The van der Waals surface area contributed by atoms with E-state index in [9.17, 15) is 8.42 Å². The predicted molar refractivity (Wildman–Crippen MR) is 61.6 cm³/mol. The highest BCUT2D eigenvalue weighted by atomic mass is 32.2. The summed E-state index contributed by atoms with van der Waals surface area (Å²) >= 11 is 0. The molecule has 0 atom stereocenters. The molecule has 4 nitrogen and oxygen atoms in total. The summed E-state index contributed by atoms with van der Waals surface area (Å²) in [6.45, 7) is 3.13. The summed E-state index contributed by atoms with van der Waals surface area (Å²) in [6.07, 6.45) is 0. The van der Waals surface area contributed by atoms with Crippen LogP contribution in [0.3, 0.4) is 0 Å². The zero-order valence-electron chi connectivity index (χ0n) is 9.65. The molecule has 0 heterocycles. The summed E-state index contributed by atoms with van der Waals surface area (Å²) < 4.78 is 28.7. The van der Waals surface area contributed by atoms with E-state index in [-0.39, 0.29) is 17.3 Å². The number of aliphatic hydroxyl groups excluding tert-OH is 1. The molecule has 0 unspecified atom stereocenters. The summed E-state index contributed by atoms with van der Waals surface area (Å²) in [4.78, 5) is 0.264. The fourth-order valence-corrected chi connectivity index (χ4v) is 2.91. The Kier molecular flexibility index (Phi) is 3.93. The minimum Gasteiger partial charge on any atom is -0.496 e. The van der Waals surface area contributed by atoms with Crippen molar-refractivity contribution in [3.05, 3.63) is 23.3 Å². The average molecular weight is 244 g/mol. The number of benzene rings is 1. The number of aryl methyl sites for hydroxylation is 2. The van der Waals surface area contributed by atoms with Crippen LogP contribution in [0.25, 0.3) is 0 Å². The molecule has 16 heavy (non-hydrogen) atoms. The second-order valence-electron chi connectivity index (χ2n) is 3.63. The van der Waals surface area contributed by atoms with Gasteiger partial charge in [-0.1, -0.05) is 0 Å². The Labute approximate surface area is 95.8 Å². The van der Waals surface area contributed by atoms with E-state index in [1.165, 1.54) is 0 Å². The lowest BCUT2D eigenvalue weighted by Gasteiger charge is -2.11. The second-order valence-corrected chi connectivity index (χ2v) is 5.71. The first-order chi connectivity index (χ1) is 7.42. The third-order valence-electron chi connectivity index (χ3n) is 2.39. The molecule has 0 aliphatic heterocycles. The SMILES string of the molecule is COc1cc(C)c(S(=O)(=O)CCO)cc1C. The van der Waals surface area contributed by atoms with Gasteiger partial charge in [0.1, 0.15) is 5.75 Å². The van der Waals surface area contributed by atoms with Crippen LogP contribution in [0.2, 0.25) is 0 Å². The minimum atomic E-state index is -3.39. The maximum atomic E-state index is 11.8. The van der Waals surface area contributed by atoms with Gasteiger partial charge in [0.2, 0.25) is 0 Å². The van der Waals surface area contributed by atoms with Gasteiger partial charge >= 0.3 is 0 Å². The monoisotopic (exact) mass is 244 g/mol. The Morgan fingerprint density at radius 1 is 1.25 bits per heavy atom. The van der Waals surface area contributed by atoms with E-state index >= 15 is 0 Å². The first-order valence-electron chi connectivity index (χ1n) is 4.91. The fraction of sp³-hybridized carbons (Fsp3) is 0.455. The molecule has 1 aromatic carbocycles. The van der Waals surface area contributed by atoms with Crippen molar-refractivity contribution in [2.45, 2.75) is 18.7 Å². The molecule has 0 radical (unpaired) electrons. The first kappa shape index (κ1) is 13.0. The van der Waals surface area contributed by atoms with Crippen molar-refractivity contribution < 1.29 is 18.3 Å². The molecule has 0 saturated carbocycles. The molecule has 0 saturated heterocycles. The van der Waals surface area contributed by atoms with Crippen LogP contribution in [0, 0.1) is 13.8 Å². The van der Waals surface area contributed by atoms with Gasteiger partial charge in [-0.25, -0.2) is 8.42 Å². The van der Waals surface area contributed by atoms with E-state index in [4.69, 9.17) is 9.84 Å². The van der Waals surface area contributed by atoms with Crippen LogP contribution >= 0.6 is 0 Å². The van der Waals surface area contributed by atoms with Crippen molar-refractivity contribution in [1.29, 1.82) is 0 Å². The Morgan fingerprint density at radius 3 is 2.38 bits per heavy atom. The van der Waals surface area contributed by atoms with Crippen molar-refractivity contribution in [3.8, 4) is 5.75 Å². The van der Waals surface area contributed by atoms with Gasteiger partial charge in [0.15, 0.2) is 9.84 Å². The topological polar surface area (TPSA) is 63.6 Å². The van der Waals surface area contributed by atoms with Crippen LogP contribution in [0.15, 0.2) is 17.0 Å². The van der Waals surface area contributed by atoms with Crippen molar-refractivity contribution in [2.24, 2.45) is 0 Å². The minimum absolute atomic E-state index is 0.250. The van der Waals surface area contributed by atoms with Crippen LogP contribution in [0.4, 0.5) is 0 Å². The quantitative estimate of drug-likeness (QED) is 0.860. The molecule has 0 bridgehead atoms. The van der Waals surface area contributed by atoms with Crippen LogP contribution in [0.1, 0.15) is 11.1 Å². The highest BCUT2D eigenvalue weighted by Gasteiger charge is 2.18. The highest BCUT2D eigenvalue weighted by Crippen LogP contribution is 2.26. The molecule has 1 aromatic rings. The summed E-state index contributed by atoms with van der Waals surface area (Å²) in [5.74, 6) is 0.417. The smallest absolute Gasteiger partial charge is 0.180 e.